The number of anilines is 1. The monoisotopic (exact) mass is 352 g/mol. The van der Waals surface area contributed by atoms with Gasteiger partial charge in [-0.1, -0.05) is 34.8 Å². The van der Waals surface area contributed by atoms with Gasteiger partial charge in [0.25, 0.3) is 0 Å². The van der Waals surface area contributed by atoms with Gasteiger partial charge in [0.05, 0.1) is 0 Å². The van der Waals surface area contributed by atoms with E-state index in [9.17, 15) is 0 Å². The summed E-state index contributed by atoms with van der Waals surface area (Å²) in [6.45, 7) is 8.68. The van der Waals surface area contributed by atoms with Gasteiger partial charge in [0.1, 0.15) is 0 Å². The highest BCUT2D eigenvalue weighted by atomic mass is 79.9. The lowest BCUT2D eigenvalue weighted by Crippen LogP contribution is -2.35. The van der Waals surface area contributed by atoms with Gasteiger partial charge in [0, 0.05) is 35.8 Å². The second-order valence-corrected chi connectivity index (χ2v) is 8.26. The first-order chi connectivity index (χ1) is 9.85. The zero-order valence-corrected chi connectivity index (χ0v) is 15.5. The molecule has 1 saturated carbocycles. The number of halogens is 1. The molecule has 3 heteroatoms. The Morgan fingerprint density at radius 1 is 1.24 bits per heavy atom. The van der Waals surface area contributed by atoms with E-state index < -0.39 is 0 Å². The van der Waals surface area contributed by atoms with Crippen LogP contribution in [0.2, 0.25) is 0 Å². The minimum absolute atomic E-state index is 0.150. The van der Waals surface area contributed by atoms with Gasteiger partial charge in [-0.15, -0.1) is 0 Å². The smallest absolute Gasteiger partial charge is 0.0375 e. The number of hydrogen-bond donors (Lipinski definition) is 1. The van der Waals surface area contributed by atoms with Crippen LogP contribution in [-0.2, 0) is 6.54 Å². The van der Waals surface area contributed by atoms with Gasteiger partial charge in [-0.05, 0) is 57.2 Å². The molecule has 1 fully saturated rings. The van der Waals surface area contributed by atoms with E-state index in [1.54, 1.807) is 0 Å². The van der Waals surface area contributed by atoms with Gasteiger partial charge < -0.3 is 10.2 Å². The summed E-state index contributed by atoms with van der Waals surface area (Å²) < 4.78 is 1.20. The highest BCUT2D eigenvalue weighted by Crippen LogP contribution is 2.29. The van der Waals surface area contributed by atoms with Crippen molar-refractivity contribution in [2.24, 2.45) is 5.92 Å². The molecule has 118 valence electrons. The Hall–Kier alpha value is -0.540. The van der Waals surface area contributed by atoms with E-state index in [2.05, 4.69) is 72.2 Å². The van der Waals surface area contributed by atoms with Crippen molar-refractivity contribution in [1.82, 2.24) is 5.32 Å². The van der Waals surface area contributed by atoms with Gasteiger partial charge in [0.2, 0.25) is 0 Å². The highest BCUT2D eigenvalue weighted by Gasteiger charge is 2.17. The largest absolute Gasteiger partial charge is 0.374 e. The molecule has 1 aliphatic rings. The molecular formula is C18H29BrN2. The Morgan fingerprint density at radius 3 is 2.48 bits per heavy atom. The molecule has 0 amide bonds. The Balaban J connectivity index is 1.97. The van der Waals surface area contributed by atoms with Crippen molar-refractivity contribution in [2.75, 3.05) is 18.5 Å². The van der Waals surface area contributed by atoms with Crippen molar-refractivity contribution in [3.63, 3.8) is 0 Å². The van der Waals surface area contributed by atoms with Gasteiger partial charge in [-0.25, -0.2) is 0 Å². The predicted octanol–water partition coefficient (Wildman–Crippen LogP) is 4.96. The summed E-state index contributed by atoms with van der Waals surface area (Å²) in [4.78, 5) is 2.40. The quantitative estimate of drug-likeness (QED) is 0.805. The van der Waals surface area contributed by atoms with E-state index in [1.165, 1.54) is 48.0 Å². The van der Waals surface area contributed by atoms with Crippen LogP contribution >= 0.6 is 15.9 Å². The molecule has 2 nitrogen and oxygen atoms in total. The maximum absolute atomic E-state index is 3.73. The van der Waals surface area contributed by atoms with Crippen LogP contribution in [0.3, 0.4) is 0 Å². The van der Waals surface area contributed by atoms with Gasteiger partial charge >= 0.3 is 0 Å². The zero-order valence-electron chi connectivity index (χ0n) is 13.9. The van der Waals surface area contributed by atoms with Gasteiger partial charge in [-0.3, -0.25) is 0 Å². The summed E-state index contributed by atoms with van der Waals surface area (Å²) in [6, 6.07) is 6.75. The lowest BCUT2D eigenvalue weighted by Gasteiger charge is -2.25. The van der Waals surface area contributed by atoms with Crippen LogP contribution in [-0.4, -0.2) is 19.1 Å². The first kappa shape index (κ1) is 16.8. The predicted molar refractivity (Wildman–Crippen MR) is 96.0 cm³/mol. The van der Waals surface area contributed by atoms with Crippen molar-refractivity contribution in [3.05, 3.63) is 28.2 Å². The topological polar surface area (TPSA) is 15.3 Å². The maximum atomic E-state index is 3.73. The van der Waals surface area contributed by atoms with Crippen LogP contribution in [0.4, 0.5) is 5.69 Å². The lowest BCUT2D eigenvalue weighted by atomic mass is 10.1. The normalized spacial score (nSPS) is 16.4. The van der Waals surface area contributed by atoms with Crippen LogP contribution in [0.25, 0.3) is 0 Å². The Morgan fingerprint density at radius 2 is 1.90 bits per heavy atom. The van der Waals surface area contributed by atoms with Crippen molar-refractivity contribution < 1.29 is 0 Å². The van der Waals surface area contributed by atoms with Crippen molar-refractivity contribution in [3.8, 4) is 0 Å². The molecule has 0 unspecified atom stereocenters. The standard InChI is InChI=1S/C18H29BrN2/c1-18(2,3)20-12-15-9-10-16(11-17(15)19)21(4)13-14-7-5-6-8-14/h9-11,14,20H,5-8,12-13H2,1-4H3. The molecule has 0 spiro atoms. The first-order valence-corrected chi connectivity index (χ1v) is 8.89. The van der Waals surface area contributed by atoms with E-state index in [0.29, 0.717) is 0 Å². The van der Waals surface area contributed by atoms with Gasteiger partial charge in [-0.2, -0.15) is 0 Å². The van der Waals surface area contributed by atoms with Crippen LogP contribution in [0.15, 0.2) is 22.7 Å². The van der Waals surface area contributed by atoms with E-state index in [-0.39, 0.29) is 5.54 Å². The molecule has 2 rings (SSSR count). The average molecular weight is 353 g/mol. The average Bonchev–Trinajstić information content (AvgIpc) is 2.89. The molecule has 0 radical (unpaired) electrons. The fourth-order valence-electron chi connectivity index (χ4n) is 2.96. The number of nitrogens with one attached hydrogen (secondary N) is 1. The van der Waals surface area contributed by atoms with Crippen LogP contribution < -0.4 is 10.2 Å². The molecule has 0 bridgehead atoms. The molecule has 1 N–H and O–H groups in total. The van der Waals surface area contributed by atoms with Crippen LogP contribution in [0.1, 0.15) is 52.0 Å². The number of benzene rings is 1. The summed E-state index contributed by atoms with van der Waals surface area (Å²) in [5.74, 6) is 0.885. The molecular weight excluding hydrogens is 324 g/mol. The lowest BCUT2D eigenvalue weighted by molar-refractivity contribution is 0.424. The number of hydrogen-bond acceptors (Lipinski definition) is 2. The maximum Gasteiger partial charge on any atom is 0.0375 e. The minimum Gasteiger partial charge on any atom is -0.374 e. The van der Waals surface area contributed by atoms with Gasteiger partial charge in [0.15, 0.2) is 0 Å². The summed E-state index contributed by atoms with van der Waals surface area (Å²) in [5.41, 5.74) is 2.79. The van der Waals surface area contributed by atoms with Crippen LogP contribution in [0, 0.1) is 5.92 Å². The molecule has 0 aliphatic heterocycles. The Labute approximate surface area is 138 Å². The number of nitrogens with zero attached hydrogens (tertiary/aromatic N) is 1. The third-order valence-corrected chi connectivity index (χ3v) is 5.03. The molecule has 0 heterocycles. The summed E-state index contributed by atoms with van der Waals surface area (Å²) in [6.07, 6.45) is 5.64. The third kappa shape index (κ3) is 5.30. The van der Waals surface area contributed by atoms with Crippen LogP contribution in [0.5, 0.6) is 0 Å². The highest BCUT2D eigenvalue weighted by molar-refractivity contribution is 9.10. The molecule has 1 aromatic carbocycles. The fraction of sp³-hybridized carbons (Fsp3) is 0.667. The van der Waals surface area contributed by atoms with E-state index in [1.807, 2.05) is 0 Å². The summed E-state index contributed by atoms with van der Waals surface area (Å²) in [5, 5.41) is 3.54. The van der Waals surface area contributed by atoms with Crippen molar-refractivity contribution in [2.45, 2.75) is 58.5 Å². The van der Waals surface area contributed by atoms with Crippen molar-refractivity contribution in [1.29, 1.82) is 0 Å². The second-order valence-electron chi connectivity index (χ2n) is 7.41. The Kier molecular flexibility index (Phi) is 5.73. The molecule has 0 atom stereocenters. The molecule has 0 aromatic heterocycles. The third-order valence-electron chi connectivity index (χ3n) is 4.29. The zero-order chi connectivity index (χ0) is 15.5. The number of rotatable bonds is 5. The molecule has 1 aliphatic carbocycles. The Bertz CT molecular complexity index is 459. The summed E-state index contributed by atoms with van der Waals surface area (Å²) in [7, 11) is 2.22. The molecule has 1 aromatic rings. The summed E-state index contributed by atoms with van der Waals surface area (Å²) >= 11 is 3.73. The van der Waals surface area contributed by atoms with E-state index in [4.69, 9.17) is 0 Å². The minimum atomic E-state index is 0.150. The van der Waals surface area contributed by atoms with E-state index >= 15 is 0 Å². The molecule has 0 saturated heterocycles. The molecule has 21 heavy (non-hydrogen) atoms. The fourth-order valence-corrected chi connectivity index (χ4v) is 3.47. The van der Waals surface area contributed by atoms with E-state index in [0.717, 1.165) is 12.5 Å². The first-order valence-electron chi connectivity index (χ1n) is 8.10. The second kappa shape index (κ2) is 7.15. The van der Waals surface area contributed by atoms with Crippen molar-refractivity contribution >= 4 is 21.6 Å². The SMILES string of the molecule is CN(CC1CCCC1)c1ccc(CNC(C)(C)C)c(Br)c1.